The largest absolute Gasteiger partial charge is 0.382 e. The van der Waals surface area contributed by atoms with E-state index in [1.54, 1.807) is 18.9 Å². The molecule has 0 aliphatic carbocycles. The van der Waals surface area contributed by atoms with E-state index in [-0.39, 0.29) is 0 Å². The number of nitrogens with zero attached hydrogens (tertiary/aromatic N) is 3. The molecule has 0 spiro atoms. The SMILES string of the molecule is COCCOCCSc1nnc(CN)n1C(C)C. The van der Waals surface area contributed by atoms with E-state index in [1.165, 1.54) is 0 Å². The molecule has 0 unspecified atom stereocenters. The first-order valence-corrected chi connectivity index (χ1v) is 7.02. The lowest BCUT2D eigenvalue weighted by molar-refractivity contribution is 0.0790. The number of rotatable bonds is 9. The zero-order valence-corrected chi connectivity index (χ0v) is 12.1. The summed E-state index contributed by atoms with van der Waals surface area (Å²) in [5, 5.41) is 9.15. The maximum Gasteiger partial charge on any atom is 0.191 e. The summed E-state index contributed by atoms with van der Waals surface area (Å²) < 4.78 is 12.4. The smallest absolute Gasteiger partial charge is 0.191 e. The minimum Gasteiger partial charge on any atom is -0.382 e. The molecule has 0 fully saturated rings. The number of methoxy groups -OCH3 is 1. The molecule has 0 saturated heterocycles. The Morgan fingerprint density at radius 1 is 1.28 bits per heavy atom. The highest BCUT2D eigenvalue weighted by atomic mass is 32.2. The van der Waals surface area contributed by atoms with Gasteiger partial charge < -0.3 is 19.8 Å². The summed E-state index contributed by atoms with van der Waals surface area (Å²) in [6, 6.07) is 0.315. The van der Waals surface area contributed by atoms with Crippen molar-refractivity contribution < 1.29 is 9.47 Å². The highest BCUT2D eigenvalue weighted by Crippen LogP contribution is 2.21. The van der Waals surface area contributed by atoms with Gasteiger partial charge in [0.1, 0.15) is 5.82 Å². The van der Waals surface area contributed by atoms with Gasteiger partial charge in [-0.05, 0) is 13.8 Å². The van der Waals surface area contributed by atoms with E-state index in [0.717, 1.165) is 16.7 Å². The van der Waals surface area contributed by atoms with Crippen molar-refractivity contribution in [3.8, 4) is 0 Å². The molecule has 1 heterocycles. The maximum atomic E-state index is 5.64. The predicted molar refractivity (Wildman–Crippen MR) is 71.7 cm³/mol. The normalized spacial score (nSPS) is 11.4. The highest BCUT2D eigenvalue weighted by Gasteiger charge is 2.13. The summed E-state index contributed by atoms with van der Waals surface area (Å²) in [6.07, 6.45) is 0. The minimum atomic E-state index is 0.315. The van der Waals surface area contributed by atoms with Crippen LogP contribution < -0.4 is 5.73 Å². The fraction of sp³-hybridized carbons (Fsp3) is 0.818. The summed E-state index contributed by atoms with van der Waals surface area (Å²) in [6.45, 7) is 6.54. The van der Waals surface area contributed by atoms with Crippen LogP contribution in [0.15, 0.2) is 5.16 Å². The molecule has 0 bridgehead atoms. The van der Waals surface area contributed by atoms with Crippen LogP contribution in [-0.2, 0) is 16.0 Å². The summed E-state index contributed by atoms with van der Waals surface area (Å²) in [5.74, 6) is 1.67. The minimum absolute atomic E-state index is 0.315. The second-order valence-corrected chi connectivity index (χ2v) is 5.08. The van der Waals surface area contributed by atoms with Crippen molar-refractivity contribution in [2.24, 2.45) is 5.73 Å². The van der Waals surface area contributed by atoms with Gasteiger partial charge in [-0.1, -0.05) is 11.8 Å². The van der Waals surface area contributed by atoms with Crippen LogP contribution in [0.3, 0.4) is 0 Å². The molecule has 18 heavy (non-hydrogen) atoms. The second-order valence-electron chi connectivity index (χ2n) is 4.02. The van der Waals surface area contributed by atoms with Crippen molar-refractivity contribution in [1.29, 1.82) is 0 Å². The Hall–Kier alpha value is -0.630. The van der Waals surface area contributed by atoms with Crippen LogP contribution in [0.25, 0.3) is 0 Å². The van der Waals surface area contributed by atoms with E-state index in [1.807, 2.05) is 0 Å². The van der Waals surface area contributed by atoms with Crippen LogP contribution in [0.4, 0.5) is 0 Å². The molecule has 1 aromatic rings. The lowest BCUT2D eigenvalue weighted by atomic mass is 10.4. The maximum absolute atomic E-state index is 5.64. The predicted octanol–water partition coefficient (Wildman–Crippen LogP) is 1.07. The van der Waals surface area contributed by atoms with Crippen LogP contribution in [0.2, 0.25) is 0 Å². The number of hydrogen-bond donors (Lipinski definition) is 1. The van der Waals surface area contributed by atoms with E-state index in [9.17, 15) is 0 Å². The summed E-state index contributed by atoms with van der Waals surface area (Å²) in [7, 11) is 1.66. The zero-order chi connectivity index (χ0) is 13.4. The average molecular weight is 274 g/mol. The van der Waals surface area contributed by atoms with Crippen LogP contribution in [0, 0.1) is 0 Å². The zero-order valence-electron chi connectivity index (χ0n) is 11.3. The Kier molecular flexibility index (Phi) is 7.26. The molecule has 2 N–H and O–H groups in total. The van der Waals surface area contributed by atoms with Crippen LogP contribution in [0.1, 0.15) is 25.7 Å². The van der Waals surface area contributed by atoms with Crippen molar-refractivity contribution in [2.75, 3.05) is 32.7 Å². The summed E-state index contributed by atoms with van der Waals surface area (Å²) >= 11 is 1.64. The third-order valence-electron chi connectivity index (χ3n) is 2.32. The average Bonchev–Trinajstić information content (AvgIpc) is 2.76. The molecule has 0 saturated carbocycles. The fourth-order valence-electron chi connectivity index (χ4n) is 1.50. The molecule has 6 nitrogen and oxygen atoms in total. The quantitative estimate of drug-likeness (QED) is 0.536. The van der Waals surface area contributed by atoms with Gasteiger partial charge in [-0.2, -0.15) is 0 Å². The molecule has 0 aliphatic rings. The molecule has 0 aromatic carbocycles. The van der Waals surface area contributed by atoms with Gasteiger partial charge in [-0.3, -0.25) is 0 Å². The van der Waals surface area contributed by atoms with E-state index < -0.39 is 0 Å². The highest BCUT2D eigenvalue weighted by molar-refractivity contribution is 7.99. The van der Waals surface area contributed by atoms with E-state index in [0.29, 0.717) is 32.4 Å². The Morgan fingerprint density at radius 3 is 2.67 bits per heavy atom. The molecule has 0 aliphatic heterocycles. The Morgan fingerprint density at radius 2 is 2.06 bits per heavy atom. The van der Waals surface area contributed by atoms with Crippen molar-refractivity contribution in [3.63, 3.8) is 0 Å². The monoisotopic (exact) mass is 274 g/mol. The van der Waals surface area contributed by atoms with Gasteiger partial charge in [0.25, 0.3) is 0 Å². The molecule has 104 valence electrons. The third kappa shape index (κ3) is 4.56. The Balaban J connectivity index is 2.40. The first-order valence-electron chi connectivity index (χ1n) is 6.04. The summed E-state index contributed by atoms with van der Waals surface area (Å²) in [4.78, 5) is 0. The summed E-state index contributed by atoms with van der Waals surface area (Å²) in [5.41, 5.74) is 5.64. The number of hydrogen-bond acceptors (Lipinski definition) is 6. The molecule has 1 aromatic heterocycles. The Bertz CT molecular complexity index is 344. The first kappa shape index (κ1) is 15.4. The molecule has 0 atom stereocenters. The van der Waals surface area contributed by atoms with Crippen molar-refractivity contribution in [1.82, 2.24) is 14.8 Å². The van der Waals surface area contributed by atoms with E-state index >= 15 is 0 Å². The van der Waals surface area contributed by atoms with Crippen molar-refractivity contribution in [2.45, 2.75) is 31.6 Å². The van der Waals surface area contributed by atoms with E-state index in [4.69, 9.17) is 15.2 Å². The number of nitrogens with two attached hydrogens (primary N) is 1. The third-order valence-corrected chi connectivity index (χ3v) is 3.23. The van der Waals surface area contributed by atoms with Gasteiger partial charge in [-0.25, -0.2) is 0 Å². The van der Waals surface area contributed by atoms with Crippen LogP contribution in [0.5, 0.6) is 0 Å². The standard InChI is InChI=1S/C11H22N4O2S/c1-9(2)15-10(8-12)13-14-11(15)18-7-6-17-5-4-16-3/h9H,4-8,12H2,1-3H3. The van der Waals surface area contributed by atoms with Gasteiger partial charge in [-0.15, -0.1) is 10.2 Å². The van der Waals surface area contributed by atoms with Gasteiger partial charge in [0.15, 0.2) is 5.16 Å². The van der Waals surface area contributed by atoms with Crippen LogP contribution >= 0.6 is 11.8 Å². The van der Waals surface area contributed by atoms with E-state index in [2.05, 4.69) is 28.6 Å². The topological polar surface area (TPSA) is 75.2 Å². The second kappa shape index (κ2) is 8.47. The van der Waals surface area contributed by atoms with Gasteiger partial charge in [0.2, 0.25) is 0 Å². The molecule has 0 radical (unpaired) electrons. The van der Waals surface area contributed by atoms with Gasteiger partial charge in [0, 0.05) is 18.9 Å². The molecule has 0 amide bonds. The Labute approximate surface area is 112 Å². The van der Waals surface area contributed by atoms with Crippen molar-refractivity contribution in [3.05, 3.63) is 5.82 Å². The number of thioether (sulfide) groups is 1. The lowest BCUT2D eigenvalue weighted by Gasteiger charge is -2.12. The van der Waals surface area contributed by atoms with Gasteiger partial charge in [0.05, 0.1) is 26.4 Å². The van der Waals surface area contributed by atoms with Gasteiger partial charge >= 0.3 is 0 Å². The number of ether oxygens (including phenoxy) is 2. The fourth-order valence-corrected chi connectivity index (χ4v) is 2.44. The van der Waals surface area contributed by atoms with Crippen LogP contribution in [-0.4, -0.2) is 47.4 Å². The molecule has 1 rings (SSSR count). The first-order chi connectivity index (χ1) is 8.70. The van der Waals surface area contributed by atoms with Crippen molar-refractivity contribution >= 4 is 11.8 Å². The molecular weight excluding hydrogens is 252 g/mol. The number of aromatic nitrogens is 3. The molecule has 7 heteroatoms. The molecular formula is C11H22N4O2S. The lowest BCUT2D eigenvalue weighted by Crippen LogP contribution is -2.12.